The molecule has 1 saturated heterocycles. The summed E-state index contributed by atoms with van der Waals surface area (Å²) in [5, 5.41) is 0.639. The van der Waals surface area contributed by atoms with E-state index in [0.29, 0.717) is 17.4 Å². The number of rotatable bonds is 4. The van der Waals surface area contributed by atoms with Crippen molar-refractivity contribution < 1.29 is 14.2 Å². The lowest BCUT2D eigenvalue weighted by atomic mass is 10.0. The van der Waals surface area contributed by atoms with Crippen LogP contribution in [0.4, 0.5) is 0 Å². The van der Waals surface area contributed by atoms with Gasteiger partial charge in [0.25, 0.3) is 0 Å². The summed E-state index contributed by atoms with van der Waals surface area (Å²) in [4.78, 5) is 17.9. The van der Waals surface area contributed by atoms with Crippen molar-refractivity contribution in [3.8, 4) is 17.2 Å². The molecule has 7 nitrogen and oxygen atoms in total. The summed E-state index contributed by atoms with van der Waals surface area (Å²) in [5.41, 5.74) is 1.68. The van der Waals surface area contributed by atoms with Gasteiger partial charge >= 0.3 is 5.69 Å². The van der Waals surface area contributed by atoms with Crippen molar-refractivity contribution in [1.29, 1.82) is 0 Å². The molecule has 0 amide bonds. The van der Waals surface area contributed by atoms with E-state index in [1.165, 1.54) is 0 Å². The molecule has 2 aliphatic rings. The second-order valence-corrected chi connectivity index (χ2v) is 8.29. The van der Waals surface area contributed by atoms with Crippen LogP contribution in [-0.2, 0) is 0 Å². The zero-order valence-electron chi connectivity index (χ0n) is 16.8. The van der Waals surface area contributed by atoms with Gasteiger partial charge in [-0.1, -0.05) is 11.6 Å². The Morgan fingerprint density at radius 2 is 2.00 bits per heavy atom. The van der Waals surface area contributed by atoms with Gasteiger partial charge in [-0.25, -0.2) is 4.79 Å². The third kappa shape index (κ3) is 3.63. The van der Waals surface area contributed by atoms with Gasteiger partial charge in [-0.3, -0.25) is 9.47 Å². The van der Waals surface area contributed by atoms with Gasteiger partial charge < -0.3 is 19.2 Å². The van der Waals surface area contributed by atoms with Gasteiger partial charge in [-0.2, -0.15) is 0 Å². The number of nitrogens with one attached hydrogen (secondary N) is 1. The summed E-state index contributed by atoms with van der Waals surface area (Å²) in [5.74, 6) is 2.18. The number of halogens is 1. The number of hydrogen-bond donors (Lipinski definition) is 1. The number of aromatic nitrogens is 2. The van der Waals surface area contributed by atoms with E-state index in [1.807, 2.05) is 28.8 Å². The lowest BCUT2D eigenvalue weighted by Crippen LogP contribution is -2.45. The molecule has 1 fully saturated rings. The monoisotopic (exact) mass is 429 g/mol. The standard InChI is InChI=1S/C22H24ClN3O4/c1-28-16-3-4-19-18(11-16)24-22(27)26(19)15-6-8-25(9-7-15)12-17-13-29-20-5-2-14(23)10-21(20)30-17/h2-5,10-11,15,17H,6-9,12-13H2,1H3,(H,24,27). The molecule has 30 heavy (non-hydrogen) atoms. The Bertz CT molecular complexity index is 1120. The van der Waals surface area contributed by atoms with Crippen molar-refractivity contribution >= 4 is 22.6 Å². The summed E-state index contributed by atoms with van der Waals surface area (Å²) in [7, 11) is 1.63. The Morgan fingerprint density at radius 1 is 1.17 bits per heavy atom. The summed E-state index contributed by atoms with van der Waals surface area (Å²) >= 11 is 6.07. The first-order valence-corrected chi connectivity index (χ1v) is 10.6. The van der Waals surface area contributed by atoms with E-state index in [9.17, 15) is 4.79 Å². The van der Waals surface area contributed by atoms with Crippen molar-refractivity contribution in [2.24, 2.45) is 0 Å². The Labute approximate surface area is 179 Å². The number of fused-ring (bicyclic) bond motifs is 2. The van der Waals surface area contributed by atoms with Crippen LogP contribution in [0.15, 0.2) is 41.2 Å². The van der Waals surface area contributed by atoms with Gasteiger partial charge in [-0.15, -0.1) is 0 Å². The fourth-order valence-electron chi connectivity index (χ4n) is 4.43. The van der Waals surface area contributed by atoms with Gasteiger partial charge in [0.2, 0.25) is 0 Å². The van der Waals surface area contributed by atoms with Crippen molar-refractivity contribution in [2.45, 2.75) is 25.0 Å². The first-order chi connectivity index (χ1) is 14.6. The molecule has 0 aliphatic carbocycles. The highest BCUT2D eigenvalue weighted by Gasteiger charge is 2.28. The highest BCUT2D eigenvalue weighted by Crippen LogP contribution is 2.34. The van der Waals surface area contributed by atoms with Crippen molar-refractivity contribution in [3.05, 3.63) is 51.9 Å². The smallest absolute Gasteiger partial charge is 0.326 e. The van der Waals surface area contributed by atoms with Crippen LogP contribution in [0.25, 0.3) is 11.0 Å². The highest BCUT2D eigenvalue weighted by atomic mass is 35.5. The van der Waals surface area contributed by atoms with Crippen LogP contribution in [0, 0.1) is 0 Å². The molecule has 8 heteroatoms. The minimum absolute atomic E-state index is 0.0317. The number of hydrogen-bond acceptors (Lipinski definition) is 5. The molecule has 0 saturated carbocycles. The molecule has 2 aromatic carbocycles. The van der Waals surface area contributed by atoms with E-state index in [-0.39, 0.29) is 17.8 Å². The first-order valence-electron chi connectivity index (χ1n) is 10.2. The zero-order valence-corrected chi connectivity index (χ0v) is 17.5. The van der Waals surface area contributed by atoms with Crippen LogP contribution in [0.5, 0.6) is 17.2 Å². The minimum Gasteiger partial charge on any atom is -0.497 e. The first kappa shape index (κ1) is 19.3. The molecule has 5 rings (SSSR count). The summed E-state index contributed by atoms with van der Waals surface area (Å²) in [6.45, 7) is 3.13. The number of aromatic amines is 1. The second kappa shape index (κ2) is 7.89. The zero-order chi connectivity index (χ0) is 20.7. The molecule has 3 aromatic rings. The van der Waals surface area contributed by atoms with Crippen LogP contribution in [-0.4, -0.2) is 53.9 Å². The Kier molecular flexibility index (Phi) is 5.08. The molecule has 3 heterocycles. The number of imidazole rings is 1. The minimum atomic E-state index is -0.0609. The van der Waals surface area contributed by atoms with E-state index in [2.05, 4.69) is 9.88 Å². The van der Waals surface area contributed by atoms with Crippen molar-refractivity contribution in [3.63, 3.8) is 0 Å². The molecule has 1 aromatic heterocycles. The lowest BCUT2D eigenvalue weighted by molar-refractivity contribution is 0.0485. The molecule has 0 spiro atoms. The highest BCUT2D eigenvalue weighted by molar-refractivity contribution is 6.30. The number of H-pyrrole nitrogens is 1. The number of piperidine rings is 1. The van der Waals surface area contributed by atoms with Gasteiger partial charge in [0.05, 0.1) is 18.1 Å². The van der Waals surface area contributed by atoms with Crippen molar-refractivity contribution in [2.75, 3.05) is 33.4 Å². The summed E-state index contributed by atoms with van der Waals surface area (Å²) in [6.07, 6.45) is 1.79. The van der Waals surface area contributed by atoms with Crippen LogP contribution in [0.2, 0.25) is 5.02 Å². The van der Waals surface area contributed by atoms with E-state index < -0.39 is 0 Å². The SMILES string of the molecule is COc1ccc2c(c1)[nH]c(=O)n2C1CCN(CC2COc3ccc(Cl)cc3O2)CC1. The van der Waals surface area contributed by atoms with Gasteiger partial charge in [-0.05, 0) is 37.1 Å². The molecule has 0 radical (unpaired) electrons. The fourth-order valence-corrected chi connectivity index (χ4v) is 4.59. The number of likely N-dealkylation sites (tertiary alicyclic amines) is 1. The van der Waals surface area contributed by atoms with E-state index >= 15 is 0 Å². The molecule has 1 atom stereocenters. The Morgan fingerprint density at radius 3 is 2.80 bits per heavy atom. The maximum Gasteiger partial charge on any atom is 0.326 e. The van der Waals surface area contributed by atoms with E-state index in [0.717, 1.165) is 55.0 Å². The third-order valence-electron chi connectivity index (χ3n) is 5.93. The molecule has 158 valence electrons. The predicted octanol–water partition coefficient (Wildman–Crippen LogP) is 3.47. The number of nitrogens with zero attached hydrogens (tertiary/aromatic N) is 2. The van der Waals surface area contributed by atoms with Gasteiger partial charge in [0.15, 0.2) is 11.5 Å². The fraction of sp³-hybridized carbons (Fsp3) is 0.409. The Hall–Kier alpha value is -2.64. The summed E-state index contributed by atoms with van der Waals surface area (Å²) in [6, 6.07) is 11.3. The summed E-state index contributed by atoms with van der Waals surface area (Å²) < 4.78 is 19.1. The second-order valence-electron chi connectivity index (χ2n) is 7.86. The van der Waals surface area contributed by atoms with Crippen LogP contribution >= 0.6 is 11.6 Å². The van der Waals surface area contributed by atoms with Crippen LogP contribution in [0.1, 0.15) is 18.9 Å². The van der Waals surface area contributed by atoms with Crippen LogP contribution < -0.4 is 19.9 Å². The maximum atomic E-state index is 12.6. The average molecular weight is 430 g/mol. The Balaban J connectivity index is 1.24. The number of benzene rings is 2. The topological polar surface area (TPSA) is 68.7 Å². The molecule has 0 bridgehead atoms. The third-order valence-corrected chi connectivity index (χ3v) is 6.17. The molecular weight excluding hydrogens is 406 g/mol. The van der Waals surface area contributed by atoms with Crippen molar-refractivity contribution in [1.82, 2.24) is 14.5 Å². The van der Waals surface area contributed by atoms with Gasteiger partial charge in [0.1, 0.15) is 18.5 Å². The quantitative estimate of drug-likeness (QED) is 0.687. The average Bonchev–Trinajstić information content (AvgIpc) is 3.08. The van der Waals surface area contributed by atoms with E-state index in [4.69, 9.17) is 25.8 Å². The maximum absolute atomic E-state index is 12.6. The normalized spacial score (nSPS) is 19.9. The molecular formula is C22H24ClN3O4. The largest absolute Gasteiger partial charge is 0.497 e. The lowest BCUT2D eigenvalue weighted by Gasteiger charge is -2.36. The van der Waals surface area contributed by atoms with E-state index in [1.54, 1.807) is 19.2 Å². The molecule has 1 unspecified atom stereocenters. The van der Waals surface area contributed by atoms with Crippen LogP contribution in [0.3, 0.4) is 0 Å². The van der Waals surface area contributed by atoms with Gasteiger partial charge in [0, 0.05) is 42.8 Å². The molecule has 2 aliphatic heterocycles. The number of ether oxygens (including phenoxy) is 3. The predicted molar refractivity (Wildman–Crippen MR) is 115 cm³/mol. The number of methoxy groups -OCH3 is 1. The molecule has 1 N–H and O–H groups in total.